The molecule has 4 rings (SSSR count). The van der Waals surface area contributed by atoms with E-state index in [4.69, 9.17) is 0 Å². The van der Waals surface area contributed by atoms with Gasteiger partial charge in [0.2, 0.25) is 5.91 Å². The monoisotopic (exact) mass is 300 g/mol. The van der Waals surface area contributed by atoms with E-state index in [1.54, 1.807) is 18.6 Å². The van der Waals surface area contributed by atoms with Gasteiger partial charge in [-0.15, -0.1) is 0 Å². The summed E-state index contributed by atoms with van der Waals surface area (Å²) in [6, 6.07) is 0. The number of rotatable bonds is 3. The number of hydrogen-bond acceptors (Lipinski definition) is 4. The topological polar surface area (TPSA) is 49.3 Å². The maximum Gasteiger partial charge on any atom is 0.222 e. The zero-order valence-corrected chi connectivity index (χ0v) is 13.0. The molecule has 5 heteroatoms. The predicted octanol–water partition coefficient (Wildman–Crippen LogP) is 1.95. The second kappa shape index (κ2) is 5.86. The summed E-state index contributed by atoms with van der Waals surface area (Å²) in [5.74, 6) is 3.73. The highest BCUT2D eigenvalue weighted by molar-refractivity contribution is 5.76. The SMILES string of the molecule is O=C(CC1CC2CCC1C2)N1CCN(c2cnccn2)CC1. The standard InChI is InChI=1S/C17H24N4O/c22-17(11-15-10-13-1-2-14(15)9-13)21-7-5-20(6-8-21)16-12-18-3-4-19-16/h3-4,12-15H,1-2,5-11H2. The zero-order valence-electron chi connectivity index (χ0n) is 13.0. The number of hydrogen-bond donors (Lipinski definition) is 0. The van der Waals surface area contributed by atoms with Gasteiger partial charge in [0.1, 0.15) is 5.82 Å². The molecule has 2 heterocycles. The molecule has 0 radical (unpaired) electrons. The molecule has 3 atom stereocenters. The first-order chi connectivity index (χ1) is 10.8. The van der Waals surface area contributed by atoms with Gasteiger partial charge in [0.05, 0.1) is 6.20 Å². The van der Waals surface area contributed by atoms with Crippen molar-refractivity contribution in [3.05, 3.63) is 18.6 Å². The van der Waals surface area contributed by atoms with E-state index in [1.807, 2.05) is 0 Å². The Balaban J connectivity index is 1.29. The van der Waals surface area contributed by atoms with Gasteiger partial charge in [-0.2, -0.15) is 0 Å². The Kier molecular flexibility index (Phi) is 3.72. The Hall–Kier alpha value is -1.65. The van der Waals surface area contributed by atoms with Crippen LogP contribution in [0, 0.1) is 17.8 Å². The van der Waals surface area contributed by atoms with Gasteiger partial charge in [0.25, 0.3) is 0 Å². The van der Waals surface area contributed by atoms with Crippen molar-refractivity contribution in [2.45, 2.75) is 32.1 Å². The van der Waals surface area contributed by atoms with Crippen LogP contribution in [0.3, 0.4) is 0 Å². The van der Waals surface area contributed by atoms with E-state index >= 15 is 0 Å². The van der Waals surface area contributed by atoms with Crippen molar-refractivity contribution in [2.24, 2.45) is 17.8 Å². The molecule has 1 amide bonds. The van der Waals surface area contributed by atoms with Crippen molar-refractivity contribution in [3.63, 3.8) is 0 Å². The summed E-state index contributed by atoms with van der Waals surface area (Å²) in [6.45, 7) is 3.36. The van der Waals surface area contributed by atoms with Gasteiger partial charge in [-0.25, -0.2) is 4.98 Å². The van der Waals surface area contributed by atoms with Crippen LogP contribution in [-0.4, -0.2) is 47.0 Å². The average molecular weight is 300 g/mol. The van der Waals surface area contributed by atoms with Gasteiger partial charge in [0.15, 0.2) is 0 Å². The fourth-order valence-corrected chi connectivity index (χ4v) is 4.62. The lowest BCUT2D eigenvalue weighted by Gasteiger charge is -2.36. The van der Waals surface area contributed by atoms with E-state index in [0.29, 0.717) is 11.8 Å². The summed E-state index contributed by atoms with van der Waals surface area (Å²) in [4.78, 5) is 25.3. The number of carbonyl (C=O) groups is 1. The predicted molar refractivity (Wildman–Crippen MR) is 84.4 cm³/mol. The van der Waals surface area contributed by atoms with Crippen molar-refractivity contribution in [1.82, 2.24) is 14.9 Å². The number of aromatic nitrogens is 2. The second-order valence-electron chi connectivity index (χ2n) is 7.07. The summed E-state index contributed by atoms with van der Waals surface area (Å²) in [6.07, 6.45) is 11.5. The molecule has 2 aliphatic carbocycles. The second-order valence-corrected chi connectivity index (χ2v) is 7.07. The van der Waals surface area contributed by atoms with Crippen molar-refractivity contribution in [3.8, 4) is 0 Å². The van der Waals surface area contributed by atoms with E-state index in [0.717, 1.165) is 50.3 Å². The molecule has 0 aromatic carbocycles. The Morgan fingerprint density at radius 2 is 2.00 bits per heavy atom. The van der Waals surface area contributed by atoms with Crippen LogP contribution in [0.4, 0.5) is 5.82 Å². The molecule has 3 aliphatic rings. The fraction of sp³-hybridized carbons (Fsp3) is 0.706. The zero-order chi connectivity index (χ0) is 14.9. The highest BCUT2D eigenvalue weighted by Gasteiger charge is 2.40. The maximum atomic E-state index is 12.6. The van der Waals surface area contributed by atoms with E-state index in [1.165, 1.54) is 25.7 Å². The molecule has 2 saturated carbocycles. The molecular weight excluding hydrogens is 276 g/mol. The molecule has 5 nitrogen and oxygen atoms in total. The third-order valence-electron chi connectivity index (χ3n) is 5.83. The molecule has 1 aromatic heterocycles. The number of amides is 1. The van der Waals surface area contributed by atoms with Crippen LogP contribution in [0.15, 0.2) is 18.6 Å². The minimum atomic E-state index is 0.372. The van der Waals surface area contributed by atoms with Crippen molar-refractivity contribution < 1.29 is 4.79 Å². The lowest BCUT2D eigenvalue weighted by atomic mass is 9.86. The van der Waals surface area contributed by atoms with Gasteiger partial charge in [-0.3, -0.25) is 9.78 Å². The maximum absolute atomic E-state index is 12.6. The third kappa shape index (κ3) is 2.69. The molecular formula is C17H24N4O. The molecule has 118 valence electrons. The largest absolute Gasteiger partial charge is 0.352 e. The summed E-state index contributed by atoms with van der Waals surface area (Å²) in [5, 5.41) is 0. The Bertz CT molecular complexity index is 527. The summed E-state index contributed by atoms with van der Waals surface area (Å²) in [7, 11) is 0. The van der Waals surface area contributed by atoms with Gasteiger partial charge in [-0.1, -0.05) is 6.42 Å². The van der Waals surface area contributed by atoms with Gasteiger partial charge in [0, 0.05) is 45.0 Å². The molecule has 22 heavy (non-hydrogen) atoms. The molecule has 3 unspecified atom stereocenters. The Labute approximate surface area is 131 Å². The van der Waals surface area contributed by atoms with Crippen LogP contribution in [0.25, 0.3) is 0 Å². The normalized spacial score (nSPS) is 30.8. The smallest absolute Gasteiger partial charge is 0.222 e. The molecule has 1 aromatic rings. The minimum absolute atomic E-state index is 0.372. The highest BCUT2D eigenvalue weighted by Crippen LogP contribution is 2.49. The highest BCUT2D eigenvalue weighted by atomic mass is 16.2. The van der Waals surface area contributed by atoms with Gasteiger partial charge >= 0.3 is 0 Å². The van der Waals surface area contributed by atoms with E-state index in [2.05, 4.69) is 19.8 Å². The third-order valence-corrected chi connectivity index (χ3v) is 5.83. The molecule has 2 bridgehead atoms. The van der Waals surface area contributed by atoms with Crippen molar-refractivity contribution >= 4 is 11.7 Å². The quantitative estimate of drug-likeness (QED) is 0.856. The number of carbonyl (C=O) groups excluding carboxylic acids is 1. The van der Waals surface area contributed by atoms with Crippen molar-refractivity contribution in [1.29, 1.82) is 0 Å². The number of piperazine rings is 1. The molecule has 0 N–H and O–H groups in total. The summed E-state index contributed by atoms with van der Waals surface area (Å²) in [5.41, 5.74) is 0. The van der Waals surface area contributed by atoms with E-state index in [-0.39, 0.29) is 0 Å². The first-order valence-electron chi connectivity index (χ1n) is 8.58. The van der Waals surface area contributed by atoms with E-state index in [9.17, 15) is 4.79 Å². The van der Waals surface area contributed by atoms with Crippen LogP contribution in [0.5, 0.6) is 0 Å². The fourth-order valence-electron chi connectivity index (χ4n) is 4.62. The lowest BCUT2D eigenvalue weighted by Crippen LogP contribution is -2.49. The van der Waals surface area contributed by atoms with Crippen LogP contribution >= 0.6 is 0 Å². The number of anilines is 1. The average Bonchev–Trinajstić information content (AvgIpc) is 3.19. The van der Waals surface area contributed by atoms with Gasteiger partial charge < -0.3 is 9.80 Å². The molecule has 1 aliphatic heterocycles. The van der Waals surface area contributed by atoms with Crippen LogP contribution < -0.4 is 4.90 Å². The first-order valence-corrected chi connectivity index (χ1v) is 8.58. The van der Waals surface area contributed by atoms with Crippen LogP contribution in [0.2, 0.25) is 0 Å². The van der Waals surface area contributed by atoms with Crippen molar-refractivity contribution in [2.75, 3.05) is 31.1 Å². The number of nitrogens with zero attached hydrogens (tertiary/aromatic N) is 4. The van der Waals surface area contributed by atoms with E-state index < -0.39 is 0 Å². The van der Waals surface area contributed by atoms with Crippen LogP contribution in [-0.2, 0) is 4.79 Å². The molecule has 3 fully saturated rings. The molecule has 0 spiro atoms. The molecule has 1 saturated heterocycles. The number of fused-ring (bicyclic) bond motifs is 2. The van der Waals surface area contributed by atoms with Gasteiger partial charge in [-0.05, 0) is 37.0 Å². The Morgan fingerprint density at radius 3 is 2.64 bits per heavy atom. The lowest BCUT2D eigenvalue weighted by molar-refractivity contribution is -0.132. The van der Waals surface area contributed by atoms with Crippen LogP contribution in [0.1, 0.15) is 32.1 Å². The first kappa shape index (κ1) is 14.0. The Morgan fingerprint density at radius 1 is 1.14 bits per heavy atom. The summed E-state index contributed by atoms with van der Waals surface area (Å²) >= 11 is 0. The summed E-state index contributed by atoms with van der Waals surface area (Å²) < 4.78 is 0. The minimum Gasteiger partial charge on any atom is -0.352 e.